The third-order valence-corrected chi connectivity index (χ3v) is 5.53. The Morgan fingerprint density at radius 3 is 2.62 bits per heavy atom. The zero-order chi connectivity index (χ0) is 17.3. The molecule has 1 aromatic carbocycles. The molecule has 130 valence electrons. The second-order valence-electron chi connectivity index (χ2n) is 5.69. The van der Waals surface area contributed by atoms with Crippen LogP contribution in [0, 0.1) is 26.1 Å². The predicted molar refractivity (Wildman–Crippen MR) is 80.8 cm³/mol. The summed E-state index contributed by atoms with van der Waals surface area (Å²) in [4.78, 5) is 20.2. The van der Waals surface area contributed by atoms with E-state index in [9.17, 15) is 24.8 Å². The number of hydrogen-bond donors (Lipinski definition) is 0. The molecule has 1 saturated heterocycles. The Hall–Kier alpha value is -2.03. The molecule has 3 unspecified atom stereocenters. The first-order valence-electron chi connectivity index (χ1n) is 7.43. The molecule has 3 atom stereocenters. The summed E-state index contributed by atoms with van der Waals surface area (Å²) in [5, 5.41) is 21.8. The van der Waals surface area contributed by atoms with Crippen LogP contribution < -0.4 is 4.52 Å². The molecule has 1 heterocycles. The highest BCUT2D eigenvalue weighted by Gasteiger charge is 2.44. The number of fused-ring (bicyclic) bond motifs is 1. The summed E-state index contributed by atoms with van der Waals surface area (Å²) in [5.74, 6) is -0.250. The Bertz CT molecular complexity index is 724. The smallest absolute Gasteiger partial charge is 0.397 e. The van der Waals surface area contributed by atoms with Gasteiger partial charge in [-0.15, -0.1) is 0 Å². The first-order chi connectivity index (χ1) is 11.4. The zero-order valence-electron chi connectivity index (χ0n) is 12.5. The van der Waals surface area contributed by atoms with Crippen LogP contribution in [0.25, 0.3) is 0 Å². The van der Waals surface area contributed by atoms with E-state index in [0.717, 1.165) is 43.9 Å². The topological polar surface area (TPSA) is 131 Å². The van der Waals surface area contributed by atoms with Crippen molar-refractivity contribution in [3.8, 4) is 5.75 Å². The van der Waals surface area contributed by atoms with Crippen molar-refractivity contribution in [2.24, 2.45) is 5.92 Å². The van der Waals surface area contributed by atoms with E-state index in [1.807, 2.05) is 0 Å². The van der Waals surface area contributed by atoms with Crippen molar-refractivity contribution in [1.29, 1.82) is 0 Å². The number of phosphoric ester groups is 1. The van der Waals surface area contributed by atoms with E-state index in [1.165, 1.54) is 0 Å². The molecular formula is C13H15N2O8P. The molecule has 3 rings (SSSR count). The van der Waals surface area contributed by atoms with Gasteiger partial charge in [0.05, 0.1) is 28.6 Å². The molecule has 1 aliphatic carbocycles. The van der Waals surface area contributed by atoms with Gasteiger partial charge >= 0.3 is 13.5 Å². The van der Waals surface area contributed by atoms with E-state index in [4.69, 9.17) is 13.6 Å². The van der Waals surface area contributed by atoms with Gasteiger partial charge < -0.3 is 4.52 Å². The summed E-state index contributed by atoms with van der Waals surface area (Å²) in [7, 11) is -4.00. The monoisotopic (exact) mass is 358 g/mol. The SMILES string of the molecule is O=[N+]([O-])c1ccc(OP2(=O)OCC3CCCCC3O2)c([N+](=O)[O-])c1. The van der Waals surface area contributed by atoms with E-state index in [2.05, 4.69) is 0 Å². The summed E-state index contributed by atoms with van der Waals surface area (Å²) in [5.41, 5.74) is -1.14. The molecule has 10 nitrogen and oxygen atoms in total. The summed E-state index contributed by atoms with van der Waals surface area (Å²) in [6.07, 6.45) is 3.35. The van der Waals surface area contributed by atoms with Crippen molar-refractivity contribution >= 4 is 19.2 Å². The van der Waals surface area contributed by atoms with Crippen molar-refractivity contribution < 1.29 is 28.0 Å². The Morgan fingerprint density at radius 1 is 1.17 bits per heavy atom. The van der Waals surface area contributed by atoms with Gasteiger partial charge in [-0.05, 0) is 18.9 Å². The van der Waals surface area contributed by atoms with Crippen LogP contribution in [0.3, 0.4) is 0 Å². The minimum absolute atomic E-state index is 0.135. The Morgan fingerprint density at radius 2 is 1.92 bits per heavy atom. The second kappa shape index (κ2) is 6.46. The van der Waals surface area contributed by atoms with E-state index in [0.29, 0.717) is 0 Å². The van der Waals surface area contributed by atoms with Crippen LogP contribution in [0.15, 0.2) is 18.2 Å². The quantitative estimate of drug-likeness (QED) is 0.453. The van der Waals surface area contributed by atoms with Crippen LogP contribution in [0.2, 0.25) is 0 Å². The van der Waals surface area contributed by atoms with Crippen LogP contribution in [0.4, 0.5) is 11.4 Å². The van der Waals surface area contributed by atoms with Gasteiger partial charge in [0.25, 0.3) is 5.69 Å². The number of nitro benzene ring substituents is 2. The zero-order valence-corrected chi connectivity index (χ0v) is 13.4. The molecule has 0 aromatic heterocycles. The minimum atomic E-state index is -4.00. The lowest BCUT2D eigenvalue weighted by Gasteiger charge is -2.37. The fourth-order valence-electron chi connectivity index (χ4n) is 2.89. The molecule has 2 fully saturated rings. The van der Waals surface area contributed by atoms with Gasteiger partial charge in [0.15, 0.2) is 0 Å². The fourth-order valence-corrected chi connectivity index (χ4v) is 4.43. The van der Waals surface area contributed by atoms with Crippen LogP contribution >= 0.6 is 7.82 Å². The van der Waals surface area contributed by atoms with Gasteiger partial charge in [-0.25, -0.2) is 4.57 Å². The summed E-state index contributed by atoms with van der Waals surface area (Å²) in [6, 6.07) is 2.80. The van der Waals surface area contributed by atoms with Crippen LogP contribution in [0.1, 0.15) is 25.7 Å². The minimum Gasteiger partial charge on any atom is -0.397 e. The Balaban J connectivity index is 1.83. The summed E-state index contributed by atoms with van der Waals surface area (Å²) >= 11 is 0. The third-order valence-electron chi connectivity index (χ3n) is 4.11. The highest BCUT2D eigenvalue weighted by molar-refractivity contribution is 7.49. The lowest BCUT2D eigenvalue weighted by atomic mass is 9.87. The number of rotatable bonds is 4. The van der Waals surface area contributed by atoms with Gasteiger partial charge in [-0.1, -0.05) is 12.8 Å². The van der Waals surface area contributed by atoms with Crippen molar-refractivity contribution in [1.82, 2.24) is 0 Å². The maximum absolute atomic E-state index is 12.6. The number of nitrogens with zero attached hydrogens (tertiary/aromatic N) is 2. The van der Waals surface area contributed by atoms with Crippen LogP contribution in [-0.2, 0) is 13.6 Å². The molecule has 0 amide bonds. The molecular weight excluding hydrogens is 343 g/mol. The van der Waals surface area contributed by atoms with Gasteiger partial charge in [0.2, 0.25) is 5.75 Å². The molecule has 1 aliphatic heterocycles. The average Bonchev–Trinajstić information content (AvgIpc) is 2.54. The molecule has 0 radical (unpaired) electrons. The number of hydrogen-bond acceptors (Lipinski definition) is 8. The van der Waals surface area contributed by atoms with Crippen molar-refractivity contribution in [3.05, 3.63) is 38.4 Å². The maximum Gasteiger partial charge on any atom is 0.530 e. The number of non-ortho nitro benzene ring substituents is 1. The standard InChI is InChI=1S/C13H15N2O8P/c16-14(17)10-5-6-13(11(7-10)15(18)19)23-24(20)21-8-9-3-1-2-4-12(9)22-24/h5-7,9,12H,1-4,8H2. The lowest BCUT2D eigenvalue weighted by Crippen LogP contribution is -2.35. The maximum atomic E-state index is 12.6. The molecule has 24 heavy (non-hydrogen) atoms. The number of nitro groups is 2. The van der Waals surface area contributed by atoms with Gasteiger partial charge in [-0.3, -0.25) is 29.3 Å². The van der Waals surface area contributed by atoms with E-state index >= 15 is 0 Å². The van der Waals surface area contributed by atoms with E-state index < -0.39 is 29.0 Å². The van der Waals surface area contributed by atoms with Crippen molar-refractivity contribution in [3.63, 3.8) is 0 Å². The molecule has 2 aliphatic rings. The van der Waals surface area contributed by atoms with Gasteiger partial charge in [-0.2, -0.15) is 0 Å². The fraction of sp³-hybridized carbons (Fsp3) is 0.538. The molecule has 1 aromatic rings. The molecule has 0 N–H and O–H groups in total. The largest absolute Gasteiger partial charge is 0.530 e. The third kappa shape index (κ3) is 3.40. The molecule has 11 heteroatoms. The number of benzene rings is 1. The Kier molecular flexibility index (Phi) is 4.53. The Labute approximate surface area is 136 Å². The average molecular weight is 358 g/mol. The van der Waals surface area contributed by atoms with Crippen molar-refractivity contribution in [2.45, 2.75) is 31.8 Å². The van der Waals surface area contributed by atoms with Crippen molar-refractivity contribution in [2.75, 3.05) is 6.61 Å². The second-order valence-corrected chi connectivity index (χ2v) is 7.23. The lowest BCUT2D eigenvalue weighted by molar-refractivity contribution is -0.394. The summed E-state index contributed by atoms with van der Waals surface area (Å²) < 4.78 is 28.4. The molecule has 1 saturated carbocycles. The van der Waals surface area contributed by atoms with Gasteiger partial charge in [0.1, 0.15) is 0 Å². The predicted octanol–water partition coefficient (Wildman–Crippen LogP) is 3.60. The highest BCUT2D eigenvalue weighted by Crippen LogP contribution is 2.57. The van der Waals surface area contributed by atoms with Gasteiger partial charge in [0, 0.05) is 12.0 Å². The van der Waals surface area contributed by atoms with E-state index in [1.54, 1.807) is 0 Å². The van der Waals surface area contributed by atoms with Crippen LogP contribution in [-0.4, -0.2) is 22.6 Å². The molecule has 0 spiro atoms. The summed E-state index contributed by atoms with van der Waals surface area (Å²) in [6.45, 7) is 0.197. The highest BCUT2D eigenvalue weighted by atomic mass is 31.2. The first kappa shape index (κ1) is 16.8. The number of phosphoric acid groups is 1. The van der Waals surface area contributed by atoms with E-state index in [-0.39, 0.29) is 24.4 Å². The normalized spacial score (nSPS) is 29.5. The van der Waals surface area contributed by atoms with Crippen LogP contribution in [0.5, 0.6) is 5.75 Å². The first-order valence-corrected chi connectivity index (χ1v) is 8.89. The molecule has 0 bridgehead atoms.